The van der Waals surface area contributed by atoms with Crippen LogP contribution in [0, 0.1) is 11.8 Å². The summed E-state index contributed by atoms with van der Waals surface area (Å²) in [7, 11) is 0. The maximum Gasteiger partial charge on any atom is 0.230 e. The molecule has 2 heteroatoms. The summed E-state index contributed by atoms with van der Waals surface area (Å²) >= 11 is 0. The Morgan fingerprint density at radius 1 is 1.05 bits per heavy atom. The van der Waals surface area contributed by atoms with Gasteiger partial charge in [-0.25, -0.2) is 0 Å². The van der Waals surface area contributed by atoms with Crippen LogP contribution in [0.5, 0.6) is 0 Å². The Hall–Kier alpha value is -1.31. The van der Waals surface area contributed by atoms with Crippen molar-refractivity contribution in [3.63, 3.8) is 0 Å². The summed E-state index contributed by atoms with van der Waals surface area (Å²) < 4.78 is 0. The number of amides is 1. The molecule has 3 aliphatic carbocycles. The number of rotatable bonds is 3. The minimum Gasteiger partial charge on any atom is -0.352 e. The van der Waals surface area contributed by atoms with Crippen LogP contribution >= 0.6 is 0 Å². The molecule has 3 aliphatic rings. The molecule has 0 saturated heterocycles. The second kappa shape index (κ2) is 5.15. The molecule has 3 fully saturated rings. The van der Waals surface area contributed by atoms with E-state index in [0.29, 0.717) is 11.9 Å². The average molecular weight is 283 g/mol. The fraction of sp³-hybridized carbons (Fsp3) is 0.632. The van der Waals surface area contributed by atoms with Crippen molar-refractivity contribution in [1.82, 2.24) is 5.32 Å². The molecule has 1 N–H and O–H groups in total. The van der Waals surface area contributed by atoms with Gasteiger partial charge in [0.2, 0.25) is 5.91 Å². The third-order valence-corrected chi connectivity index (χ3v) is 6.27. The van der Waals surface area contributed by atoms with E-state index in [1.165, 1.54) is 44.1 Å². The highest BCUT2D eigenvalue weighted by Crippen LogP contribution is 2.46. The second-order valence-electron chi connectivity index (χ2n) is 7.41. The van der Waals surface area contributed by atoms with Crippen LogP contribution in [0.4, 0.5) is 0 Å². The molecule has 2 bridgehead atoms. The molecule has 2 nitrogen and oxygen atoms in total. The maximum absolute atomic E-state index is 13.1. The van der Waals surface area contributed by atoms with Gasteiger partial charge in [-0.15, -0.1) is 0 Å². The lowest BCUT2D eigenvalue weighted by Crippen LogP contribution is -2.48. The van der Waals surface area contributed by atoms with Gasteiger partial charge in [-0.2, -0.15) is 0 Å². The summed E-state index contributed by atoms with van der Waals surface area (Å²) in [5.74, 6) is 1.95. The van der Waals surface area contributed by atoms with Gasteiger partial charge in [-0.1, -0.05) is 49.6 Å². The number of hydrogen-bond donors (Lipinski definition) is 1. The Morgan fingerprint density at radius 2 is 1.81 bits per heavy atom. The van der Waals surface area contributed by atoms with Crippen molar-refractivity contribution >= 4 is 5.91 Å². The molecule has 1 amide bonds. The van der Waals surface area contributed by atoms with Crippen LogP contribution in [0.3, 0.4) is 0 Å². The van der Waals surface area contributed by atoms with E-state index in [1.807, 2.05) is 6.07 Å². The zero-order valence-corrected chi connectivity index (χ0v) is 12.7. The Morgan fingerprint density at radius 3 is 2.43 bits per heavy atom. The predicted molar refractivity (Wildman–Crippen MR) is 84.0 cm³/mol. The largest absolute Gasteiger partial charge is 0.352 e. The first-order chi connectivity index (χ1) is 10.3. The number of benzene rings is 1. The summed E-state index contributed by atoms with van der Waals surface area (Å²) in [6.45, 7) is 0. The predicted octanol–water partition coefficient (Wildman–Crippen LogP) is 3.80. The monoisotopic (exact) mass is 283 g/mol. The van der Waals surface area contributed by atoms with Crippen LogP contribution in [0.2, 0.25) is 0 Å². The molecule has 0 aliphatic heterocycles. The highest BCUT2D eigenvalue weighted by molar-refractivity contribution is 5.88. The summed E-state index contributed by atoms with van der Waals surface area (Å²) in [4.78, 5) is 13.1. The molecule has 0 spiro atoms. The third kappa shape index (κ3) is 2.20. The molecule has 4 rings (SSSR count). The molecule has 1 aromatic rings. The highest BCUT2D eigenvalue weighted by atomic mass is 16.2. The number of nitrogens with one attached hydrogen (secondary N) is 1. The van der Waals surface area contributed by atoms with Gasteiger partial charge in [-0.3, -0.25) is 4.79 Å². The fourth-order valence-electron chi connectivity index (χ4n) is 5.11. The molecular weight excluding hydrogens is 258 g/mol. The lowest BCUT2D eigenvalue weighted by molar-refractivity contribution is -0.127. The first-order valence-corrected chi connectivity index (χ1v) is 8.64. The van der Waals surface area contributed by atoms with Crippen molar-refractivity contribution in [2.24, 2.45) is 11.8 Å². The summed E-state index contributed by atoms with van der Waals surface area (Å²) in [6, 6.07) is 10.9. The van der Waals surface area contributed by atoms with E-state index >= 15 is 0 Å². The van der Waals surface area contributed by atoms with E-state index in [1.54, 1.807) is 0 Å². The van der Waals surface area contributed by atoms with Crippen LogP contribution in [0.25, 0.3) is 0 Å². The standard InChI is InChI=1S/C19H25NO/c21-18(20-17-13-14-8-9-15(17)12-14)19(10-4-5-11-19)16-6-2-1-3-7-16/h1-3,6-7,14-15,17H,4-5,8-13H2,(H,20,21)/t14-,15-,17+/m0/s1. The molecular formula is C19H25NO. The van der Waals surface area contributed by atoms with E-state index in [9.17, 15) is 4.79 Å². The van der Waals surface area contributed by atoms with Gasteiger partial charge in [0.25, 0.3) is 0 Å². The van der Waals surface area contributed by atoms with Crippen molar-refractivity contribution in [1.29, 1.82) is 0 Å². The Kier molecular flexibility index (Phi) is 3.28. The molecule has 0 unspecified atom stereocenters. The second-order valence-corrected chi connectivity index (χ2v) is 7.41. The minimum atomic E-state index is -0.247. The van der Waals surface area contributed by atoms with Gasteiger partial charge in [0, 0.05) is 6.04 Å². The maximum atomic E-state index is 13.1. The first-order valence-electron chi connectivity index (χ1n) is 8.64. The fourth-order valence-corrected chi connectivity index (χ4v) is 5.11. The Balaban J connectivity index is 1.55. The molecule has 21 heavy (non-hydrogen) atoms. The lowest BCUT2D eigenvalue weighted by Gasteiger charge is -2.32. The molecule has 0 aromatic heterocycles. The summed E-state index contributed by atoms with van der Waals surface area (Å²) in [5.41, 5.74) is 0.978. The van der Waals surface area contributed by atoms with Gasteiger partial charge in [0.15, 0.2) is 0 Å². The van der Waals surface area contributed by atoms with Crippen LogP contribution in [0.15, 0.2) is 30.3 Å². The molecule has 1 aromatic carbocycles. The number of carbonyl (C=O) groups excluding carboxylic acids is 1. The van der Waals surface area contributed by atoms with Crippen molar-refractivity contribution < 1.29 is 4.79 Å². The molecule has 3 atom stereocenters. The molecule has 0 radical (unpaired) electrons. The van der Waals surface area contributed by atoms with Crippen molar-refractivity contribution in [2.45, 2.75) is 62.8 Å². The highest BCUT2D eigenvalue weighted by Gasteiger charge is 2.46. The van der Waals surface area contributed by atoms with Crippen LogP contribution < -0.4 is 5.32 Å². The lowest BCUT2D eigenvalue weighted by atomic mass is 9.77. The van der Waals surface area contributed by atoms with Crippen molar-refractivity contribution in [3.05, 3.63) is 35.9 Å². The Labute approximate surface area is 127 Å². The zero-order valence-electron chi connectivity index (χ0n) is 12.7. The quantitative estimate of drug-likeness (QED) is 0.898. The SMILES string of the molecule is O=C(N[C@@H]1C[C@H]2CC[C@H]1C2)C1(c2ccccc2)CCCC1. The van der Waals surface area contributed by atoms with Gasteiger partial charge in [0.05, 0.1) is 5.41 Å². The first kappa shape index (κ1) is 13.4. The van der Waals surface area contributed by atoms with E-state index in [4.69, 9.17) is 0 Å². The van der Waals surface area contributed by atoms with Gasteiger partial charge < -0.3 is 5.32 Å². The van der Waals surface area contributed by atoms with Gasteiger partial charge >= 0.3 is 0 Å². The summed E-state index contributed by atoms with van der Waals surface area (Å²) in [6.07, 6.45) is 9.69. The van der Waals surface area contributed by atoms with Crippen molar-refractivity contribution in [2.75, 3.05) is 0 Å². The Bertz CT molecular complexity index is 518. The van der Waals surface area contributed by atoms with Crippen LogP contribution in [-0.2, 0) is 10.2 Å². The van der Waals surface area contributed by atoms with E-state index in [2.05, 4.69) is 29.6 Å². The van der Waals surface area contributed by atoms with E-state index in [0.717, 1.165) is 24.7 Å². The third-order valence-electron chi connectivity index (χ3n) is 6.27. The van der Waals surface area contributed by atoms with Crippen LogP contribution in [-0.4, -0.2) is 11.9 Å². The van der Waals surface area contributed by atoms with Crippen LogP contribution in [0.1, 0.15) is 56.9 Å². The number of carbonyl (C=O) groups is 1. The van der Waals surface area contributed by atoms with E-state index in [-0.39, 0.29) is 5.41 Å². The van der Waals surface area contributed by atoms with E-state index < -0.39 is 0 Å². The molecule has 3 saturated carbocycles. The minimum absolute atomic E-state index is 0.247. The number of hydrogen-bond acceptors (Lipinski definition) is 1. The molecule has 112 valence electrons. The number of fused-ring (bicyclic) bond motifs is 2. The normalized spacial score (nSPS) is 33.2. The van der Waals surface area contributed by atoms with Crippen molar-refractivity contribution in [3.8, 4) is 0 Å². The molecule has 0 heterocycles. The van der Waals surface area contributed by atoms with Gasteiger partial charge in [0.1, 0.15) is 0 Å². The topological polar surface area (TPSA) is 29.1 Å². The smallest absolute Gasteiger partial charge is 0.230 e. The van der Waals surface area contributed by atoms with Gasteiger partial charge in [-0.05, 0) is 49.5 Å². The average Bonchev–Trinajstić information content (AvgIpc) is 3.25. The zero-order chi connectivity index (χ0) is 14.3. The summed E-state index contributed by atoms with van der Waals surface area (Å²) in [5, 5.41) is 3.45.